The highest BCUT2D eigenvalue weighted by Crippen LogP contribution is 2.43. The average molecular weight is 552 g/mol. The molecule has 10 heteroatoms. The van der Waals surface area contributed by atoms with Crippen LogP contribution < -0.4 is 4.74 Å². The Morgan fingerprint density at radius 2 is 2.07 bits per heavy atom. The summed E-state index contributed by atoms with van der Waals surface area (Å²) in [6.45, 7) is -0.289. The number of carbonyl (C=O) groups is 2. The summed E-state index contributed by atoms with van der Waals surface area (Å²) >= 11 is 13.3. The van der Waals surface area contributed by atoms with Gasteiger partial charge < -0.3 is 9.84 Å². The van der Waals surface area contributed by atoms with Crippen molar-refractivity contribution in [2.24, 2.45) is 0 Å². The third kappa shape index (κ3) is 3.94. The van der Waals surface area contributed by atoms with Gasteiger partial charge >= 0.3 is 0 Å². The topological polar surface area (TPSA) is 66.8 Å². The van der Waals surface area contributed by atoms with Crippen molar-refractivity contribution in [2.75, 3.05) is 7.11 Å². The van der Waals surface area contributed by atoms with E-state index in [9.17, 15) is 19.1 Å². The zero-order valence-electron chi connectivity index (χ0n) is 14.1. The molecule has 1 aliphatic rings. The van der Waals surface area contributed by atoms with Gasteiger partial charge in [-0.05, 0) is 67.9 Å². The van der Waals surface area contributed by atoms with Gasteiger partial charge in [-0.1, -0.05) is 17.7 Å². The number of ether oxygens (including phenoxy) is 1. The minimum atomic E-state index is -0.612. The fourth-order valence-corrected chi connectivity index (χ4v) is 4.39. The summed E-state index contributed by atoms with van der Waals surface area (Å²) in [6, 6.07) is 5.69. The molecule has 0 radical (unpaired) electrons. The summed E-state index contributed by atoms with van der Waals surface area (Å²) in [7, 11) is 1.39. The van der Waals surface area contributed by atoms with Crippen LogP contribution in [0.4, 0.5) is 9.18 Å². The zero-order valence-corrected chi connectivity index (χ0v) is 18.9. The van der Waals surface area contributed by atoms with Gasteiger partial charge in [0, 0.05) is 25.1 Å². The lowest BCUT2D eigenvalue weighted by molar-refractivity contribution is -0.123. The molecule has 0 aliphatic carbocycles. The summed E-state index contributed by atoms with van der Waals surface area (Å²) in [5.74, 6) is -1.22. The number of benzene rings is 2. The number of phenols is 1. The van der Waals surface area contributed by atoms with Gasteiger partial charge in [-0.2, -0.15) is 0 Å². The normalized spacial score (nSPS) is 15.6. The number of aromatic hydroxyl groups is 1. The maximum absolute atomic E-state index is 14.0. The van der Waals surface area contributed by atoms with Crippen molar-refractivity contribution in [1.29, 1.82) is 0 Å². The van der Waals surface area contributed by atoms with Crippen LogP contribution in [0.1, 0.15) is 11.1 Å². The van der Waals surface area contributed by atoms with Gasteiger partial charge in [0.15, 0.2) is 11.5 Å². The lowest BCUT2D eigenvalue weighted by atomic mass is 10.1. The minimum Gasteiger partial charge on any atom is -0.504 e. The van der Waals surface area contributed by atoms with Crippen LogP contribution in [0.5, 0.6) is 11.5 Å². The molecule has 0 spiro atoms. The number of amides is 2. The third-order valence-electron chi connectivity index (χ3n) is 3.94. The molecular weight excluding hydrogens is 541 g/mol. The molecule has 1 saturated heterocycles. The highest BCUT2D eigenvalue weighted by Gasteiger charge is 2.36. The molecule has 1 N–H and O–H groups in total. The van der Waals surface area contributed by atoms with Crippen molar-refractivity contribution >= 4 is 72.4 Å². The van der Waals surface area contributed by atoms with Crippen LogP contribution in [0.25, 0.3) is 6.08 Å². The first-order valence-electron chi connectivity index (χ1n) is 7.67. The van der Waals surface area contributed by atoms with Crippen LogP contribution in [-0.2, 0) is 11.3 Å². The number of carbonyl (C=O) groups excluding carboxylic acids is 2. The standard InChI is InChI=1S/C18H11Br2ClFNO4S/c1-27-13-6-10(19)15(20)8(16(13)24)5-14-17(25)23(18(26)28-14)7-9-11(21)3-2-4-12(9)22/h2-6,24H,7H2,1H3/b14-5-. The molecule has 28 heavy (non-hydrogen) atoms. The van der Waals surface area contributed by atoms with Crippen molar-refractivity contribution in [2.45, 2.75) is 6.54 Å². The van der Waals surface area contributed by atoms with E-state index < -0.39 is 17.0 Å². The van der Waals surface area contributed by atoms with Crippen molar-refractivity contribution in [3.63, 3.8) is 0 Å². The fraction of sp³-hybridized carbons (Fsp3) is 0.111. The smallest absolute Gasteiger partial charge is 0.293 e. The van der Waals surface area contributed by atoms with E-state index in [1.165, 1.54) is 31.4 Å². The Morgan fingerprint density at radius 3 is 2.71 bits per heavy atom. The van der Waals surface area contributed by atoms with Gasteiger partial charge in [-0.15, -0.1) is 0 Å². The summed E-state index contributed by atoms with van der Waals surface area (Å²) in [4.78, 5) is 26.0. The van der Waals surface area contributed by atoms with E-state index in [0.717, 1.165) is 4.90 Å². The summed E-state index contributed by atoms with van der Waals surface area (Å²) in [6.07, 6.45) is 1.38. The molecular formula is C18H11Br2ClFNO4S. The lowest BCUT2D eigenvalue weighted by Crippen LogP contribution is -2.28. The molecule has 2 aromatic carbocycles. The zero-order chi connectivity index (χ0) is 20.6. The molecule has 0 saturated carbocycles. The molecule has 1 aliphatic heterocycles. The number of hydrogen-bond acceptors (Lipinski definition) is 5. The first-order chi connectivity index (χ1) is 13.2. The Hall–Kier alpha value is -1.55. The number of phenolic OH excluding ortho intramolecular Hbond substituents is 1. The number of nitrogens with zero attached hydrogens (tertiary/aromatic N) is 1. The highest BCUT2D eigenvalue weighted by molar-refractivity contribution is 9.13. The minimum absolute atomic E-state index is 0.0564. The van der Waals surface area contributed by atoms with Crippen molar-refractivity contribution < 1.29 is 23.8 Å². The lowest BCUT2D eigenvalue weighted by Gasteiger charge is -2.14. The van der Waals surface area contributed by atoms with Crippen LogP contribution >= 0.6 is 55.2 Å². The molecule has 146 valence electrons. The molecule has 0 bridgehead atoms. The van der Waals surface area contributed by atoms with E-state index in [2.05, 4.69) is 31.9 Å². The molecule has 2 amide bonds. The van der Waals surface area contributed by atoms with Gasteiger partial charge in [0.25, 0.3) is 11.1 Å². The van der Waals surface area contributed by atoms with Gasteiger partial charge in [-0.3, -0.25) is 14.5 Å². The summed E-state index contributed by atoms with van der Waals surface area (Å²) < 4.78 is 20.2. The number of hydrogen-bond donors (Lipinski definition) is 1. The number of methoxy groups -OCH3 is 1. The molecule has 5 nitrogen and oxygen atoms in total. The van der Waals surface area contributed by atoms with E-state index in [1.54, 1.807) is 6.07 Å². The van der Waals surface area contributed by atoms with E-state index in [4.69, 9.17) is 16.3 Å². The molecule has 0 unspecified atom stereocenters. The molecule has 2 aromatic rings. The van der Waals surface area contributed by atoms with E-state index >= 15 is 0 Å². The molecule has 3 rings (SSSR count). The van der Waals surface area contributed by atoms with Crippen molar-refractivity contribution in [1.82, 2.24) is 4.90 Å². The number of halogens is 4. The third-order valence-corrected chi connectivity index (χ3v) is 7.21. The first-order valence-corrected chi connectivity index (χ1v) is 10.5. The predicted octanol–water partition coefficient (Wildman–Crippen LogP) is 5.95. The molecule has 0 aromatic heterocycles. The summed E-state index contributed by atoms with van der Waals surface area (Å²) in [5, 5.41) is 9.94. The SMILES string of the molecule is COc1cc(Br)c(Br)c(/C=C2\SC(=O)N(Cc3c(F)cccc3Cl)C2=O)c1O. The Kier molecular flexibility index (Phi) is 6.38. The monoisotopic (exact) mass is 549 g/mol. The Labute approximate surface area is 185 Å². The van der Waals surface area contributed by atoms with E-state index in [1.807, 2.05) is 0 Å². The van der Waals surface area contributed by atoms with Crippen LogP contribution in [0.3, 0.4) is 0 Å². The average Bonchev–Trinajstić information content (AvgIpc) is 2.91. The number of rotatable bonds is 4. The number of imide groups is 1. The van der Waals surface area contributed by atoms with E-state index in [-0.39, 0.29) is 39.1 Å². The second-order valence-corrected chi connectivity index (χ2v) is 8.65. The maximum Gasteiger partial charge on any atom is 0.293 e. The fourth-order valence-electron chi connectivity index (χ4n) is 2.51. The Bertz CT molecular complexity index is 1010. The molecule has 0 atom stereocenters. The number of thioether (sulfide) groups is 1. The van der Waals surface area contributed by atoms with Gasteiger partial charge in [0.05, 0.1) is 18.6 Å². The second-order valence-electron chi connectivity index (χ2n) is 5.60. The Morgan fingerprint density at radius 1 is 1.36 bits per heavy atom. The van der Waals surface area contributed by atoms with Crippen molar-refractivity contribution in [3.8, 4) is 11.5 Å². The quantitative estimate of drug-likeness (QED) is 0.476. The van der Waals surface area contributed by atoms with E-state index in [0.29, 0.717) is 20.7 Å². The van der Waals surface area contributed by atoms with Crippen LogP contribution in [0.2, 0.25) is 5.02 Å². The predicted molar refractivity (Wildman–Crippen MR) is 113 cm³/mol. The highest BCUT2D eigenvalue weighted by atomic mass is 79.9. The largest absolute Gasteiger partial charge is 0.504 e. The van der Waals surface area contributed by atoms with Crippen LogP contribution in [0.15, 0.2) is 38.1 Å². The van der Waals surface area contributed by atoms with Gasteiger partial charge in [0.2, 0.25) is 0 Å². The second kappa shape index (κ2) is 8.44. The molecule has 1 fully saturated rings. The summed E-state index contributed by atoms with van der Waals surface area (Å²) in [5.41, 5.74) is 0.321. The van der Waals surface area contributed by atoms with Crippen LogP contribution in [-0.4, -0.2) is 28.3 Å². The van der Waals surface area contributed by atoms with Gasteiger partial charge in [0.1, 0.15) is 5.82 Å². The van der Waals surface area contributed by atoms with Crippen LogP contribution in [0, 0.1) is 5.82 Å². The molecule has 1 heterocycles. The maximum atomic E-state index is 14.0. The first kappa shape index (κ1) is 21.2. The van der Waals surface area contributed by atoms with Gasteiger partial charge in [-0.25, -0.2) is 4.39 Å². The van der Waals surface area contributed by atoms with Crippen molar-refractivity contribution in [3.05, 3.63) is 60.1 Å². The Balaban J connectivity index is 1.98.